The second-order valence-electron chi connectivity index (χ2n) is 10.8. The van der Waals surface area contributed by atoms with Crippen molar-refractivity contribution < 1.29 is 29.1 Å². The van der Waals surface area contributed by atoms with Gasteiger partial charge in [-0.2, -0.15) is 0 Å². The van der Waals surface area contributed by atoms with E-state index in [9.17, 15) is 29.1 Å². The minimum absolute atomic E-state index is 0.262. The SMILES string of the molecule is CC[C@@H](O)C(=O)/C=C/CCC[C@@H]1NC(=O)C2CCCN2C(=O)[C@H](Cc2ccccc2)NC(=O)[C@](C)(CC)NC1=O. The Kier molecular flexibility index (Phi) is 11.0. The fourth-order valence-corrected chi connectivity index (χ4v) is 5.02. The van der Waals surface area contributed by atoms with Gasteiger partial charge in [-0.25, -0.2) is 0 Å². The first kappa shape index (κ1) is 31.0. The topological polar surface area (TPSA) is 145 Å². The molecule has 2 aliphatic heterocycles. The Morgan fingerprint density at radius 1 is 1.10 bits per heavy atom. The fourth-order valence-electron chi connectivity index (χ4n) is 5.02. The molecule has 10 nitrogen and oxygen atoms in total. The summed E-state index contributed by atoms with van der Waals surface area (Å²) in [4.78, 5) is 67.5. The summed E-state index contributed by atoms with van der Waals surface area (Å²) in [5.74, 6) is -2.03. The molecular weight excluding hydrogens is 512 g/mol. The first-order valence-corrected chi connectivity index (χ1v) is 14.3. The van der Waals surface area contributed by atoms with Crippen molar-refractivity contribution in [1.29, 1.82) is 0 Å². The highest BCUT2D eigenvalue weighted by Crippen LogP contribution is 2.22. The molecule has 5 atom stereocenters. The van der Waals surface area contributed by atoms with Gasteiger partial charge in [0.1, 0.15) is 29.8 Å². The van der Waals surface area contributed by atoms with Gasteiger partial charge in [0.05, 0.1) is 0 Å². The standard InChI is InChI=1S/C30H42N4O6/c1-4-24(35)25(36)17-11-7-10-15-21-26(37)33-30(3,5-2)29(40)32-22(19-20-13-8-6-9-14-20)28(39)34-18-12-16-23(34)27(38)31-21/h6,8-9,11,13-14,17,21-24,35H,4-5,7,10,12,15-16,18-19H2,1-3H3,(H,31,38)(H,32,40)(H,33,37)/b17-11+/t21-,22-,23?,24+,30-/m0/s1. The number of nitrogens with one attached hydrogen (secondary N) is 3. The molecule has 2 saturated heterocycles. The quantitative estimate of drug-likeness (QED) is 0.255. The molecule has 2 fully saturated rings. The van der Waals surface area contributed by atoms with Gasteiger partial charge in [-0.05, 0) is 63.5 Å². The number of carbonyl (C=O) groups excluding carboxylic acids is 5. The first-order chi connectivity index (χ1) is 19.1. The van der Waals surface area contributed by atoms with E-state index in [4.69, 9.17) is 0 Å². The number of unbranched alkanes of at least 4 members (excludes halogenated alkanes) is 1. The maximum Gasteiger partial charge on any atom is 0.246 e. The zero-order valence-corrected chi connectivity index (χ0v) is 23.7. The van der Waals surface area contributed by atoms with Crippen LogP contribution >= 0.6 is 0 Å². The number of aliphatic hydroxyl groups excluding tert-OH is 1. The summed E-state index contributed by atoms with van der Waals surface area (Å²) in [6, 6.07) is 6.82. The molecule has 0 aliphatic carbocycles. The predicted molar refractivity (Wildman–Crippen MR) is 150 cm³/mol. The van der Waals surface area contributed by atoms with Crippen molar-refractivity contribution in [3.05, 3.63) is 48.0 Å². The van der Waals surface area contributed by atoms with Crippen LogP contribution < -0.4 is 16.0 Å². The van der Waals surface area contributed by atoms with E-state index in [2.05, 4.69) is 16.0 Å². The highest BCUT2D eigenvalue weighted by molar-refractivity contribution is 5.99. The van der Waals surface area contributed by atoms with Crippen LogP contribution in [0.2, 0.25) is 0 Å². The molecular formula is C30H42N4O6. The minimum atomic E-state index is -1.30. The number of hydrogen-bond donors (Lipinski definition) is 4. The normalized spacial score (nSPS) is 26.8. The number of benzene rings is 1. The summed E-state index contributed by atoms with van der Waals surface area (Å²) < 4.78 is 0. The highest BCUT2D eigenvalue weighted by atomic mass is 16.3. The Hall–Kier alpha value is -3.53. The van der Waals surface area contributed by atoms with E-state index in [1.54, 1.807) is 26.8 Å². The van der Waals surface area contributed by atoms with Crippen LogP contribution in [0.25, 0.3) is 0 Å². The lowest BCUT2D eigenvalue weighted by Crippen LogP contribution is -2.65. The molecule has 0 saturated carbocycles. The van der Waals surface area contributed by atoms with Crippen LogP contribution in [0.15, 0.2) is 42.5 Å². The average molecular weight is 555 g/mol. The molecule has 4 N–H and O–H groups in total. The molecule has 40 heavy (non-hydrogen) atoms. The molecule has 0 radical (unpaired) electrons. The minimum Gasteiger partial charge on any atom is -0.385 e. The highest BCUT2D eigenvalue weighted by Gasteiger charge is 2.43. The maximum absolute atomic E-state index is 13.7. The second kappa shape index (κ2) is 14.2. The summed E-state index contributed by atoms with van der Waals surface area (Å²) >= 11 is 0. The number of hydrogen-bond acceptors (Lipinski definition) is 6. The van der Waals surface area contributed by atoms with Gasteiger partial charge in [-0.15, -0.1) is 0 Å². The second-order valence-corrected chi connectivity index (χ2v) is 10.8. The van der Waals surface area contributed by atoms with Crippen LogP contribution in [-0.4, -0.2) is 75.7 Å². The summed E-state index contributed by atoms with van der Waals surface area (Å²) in [5, 5.41) is 18.2. The number of ketones is 1. The summed E-state index contributed by atoms with van der Waals surface area (Å²) in [5.41, 5.74) is -0.433. The molecule has 2 aliphatic rings. The summed E-state index contributed by atoms with van der Waals surface area (Å²) in [6.45, 7) is 5.49. The third kappa shape index (κ3) is 7.78. The van der Waals surface area contributed by atoms with Crippen molar-refractivity contribution >= 4 is 29.4 Å². The van der Waals surface area contributed by atoms with Crippen molar-refractivity contribution in [2.24, 2.45) is 0 Å². The molecule has 1 unspecified atom stereocenters. The summed E-state index contributed by atoms with van der Waals surface area (Å²) in [7, 11) is 0. The smallest absolute Gasteiger partial charge is 0.246 e. The number of nitrogens with zero attached hydrogens (tertiary/aromatic N) is 1. The van der Waals surface area contributed by atoms with Crippen LogP contribution in [0.1, 0.15) is 71.3 Å². The lowest BCUT2D eigenvalue weighted by Gasteiger charge is -2.35. The third-order valence-corrected chi connectivity index (χ3v) is 7.83. The van der Waals surface area contributed by atoms with Gasteiger partial charge < -0.3 is 26.0 Å². The Morgan fingerprint density at radius 3 is 2.50 bits per heavy atom. The van der Waals surface area contributed by atoms with E-state index in [1.165, 1.54) is 11.0 Å². The Morgan fingerprint density at radius 2 is 1.82 bits per heavy atom. The molecule has 218 valence electrons. The van der Waals surface area contributed by atoms with E-state index in [1.807, 2.05) is 30.3 Å². The molecule has 4 amide bonds. The average Bonchev–Trinajstić information content (AvgIpc) is 3.45. The zero-order valence-electron chi connectivity index (χ0n) is 23.7. The predicted octanol–water partition coefficient (Wildman–Crippen LogP) is 1.55. The van der Waals surface area contributed by atoms with Crippen molar-refractivity contribution in [3.8, 4) is 0 Å². The lowest BCUT2D eigenvalue weighted by molar-refractivity contribution is -0.144. The van der Waals surface area contributed by atoms with Gasteiger partial charge in [-0.1, -0.05) is 50.3 Å². The molecule has 2 heterocycles. The maximum atomic E-state index is 13.7. The van der Waals surface area contributed by atoms with Crippen LogP contribution in [0.4, 0.5) is 0 Å². The van der Waals surface area contributed by atoms with Crippen LogP contribution in [0.5, 0.6) is 0 Å². The number of fused-ring (bicyclic) bond motifs is 1. The molecule has 0 bridgehead atoms. The fraction of sp³-hybridized carbons (Fsp3) is 0.567. The van der Waals surface area contributed by atoms with Gasteiger partial charge in [0.25, 0.3) is 0 Å². The largest absolute Gasteiger partial charge is 0.385 e. The van der Waals surface area contributed by atoms with Gasteiger partial charge in [0.15, 0.2) is 5.78 Å². The molecule has 1 aromatic carbocycles. The molecule has 1 aromatic rings. The van der Waals surface area contributed by atoms with Gasteiger partial charge in [0, 0.05) is 13.0 Å². The Balaban J connectivity index is 1.82. The number of aliphatic hydroxyl groups is 1. The molecule has 0 aromatic heterocycles. The lowest BCUT2D eigenvalue weighted by atomic mass is 9.94. The number of allylic oxidation sites excluding steroid dienone is 1. The van der Waals surface area contributed by atoms with Gasteiger partial charge in [0.2, 0.25) is 23.6 Å². The number of amides is 4. The molecule has 10 heteroatoms. The van der Waals surface area contributed by atoms with Gasteiger partial charge in [-0.3, -0.25) is 24.0 Å². The van der Waals surface area contributed by atoms with E-state index in [0.29, 0.717) is 38.6 Å². The van der Waals surface area contributed by atoms with Crippen molar-refractivity contribution in [3.63, 3.8) is 0 Å². The van der Waals surface area contributed by atoms with E-state index >= 15 is 0 Å². The molecule has 3 rings (SSSR count). The van der Waals surface area contributed by atoms with E-state index < -0.39 is 47.5 Å². The third-order valence-electron chi connectivity index (χ3n) is 7.83. The first-order valence-electron chi connectivity index (χ1n) is 14.3. The van der Waals surface area contributed by atoms with E-state index in [-0.39, 0.29) is 31.0 Å². The number of carbonyl (C=O) groups is 5. The van der Waals surface area contributed by atoms with Crippen LogP contribution in [0, 0.1) is 0 Å². The Bertz CT molecular complexity index is 1110. The molecule has 0 spiro atoms. The zero-order chi connectivity index (χ0) is 29.3. The number of rotatable bonds is 10. The van der Waals surface area contributed by atoms with Crippen LogP contribution in [0.3, 0.4) is 0 Å². The van der Waals surface area contributed by atoms with Gasteiger partial charge >= 0.3 is 0 Å². The van der Waals surface area contributed by atoms with Crippen molar-refractivity contribution in [2.45, 2.75) is 102 Å². The van der Waals surface area contributed by atoms with Crippen molar-refractivity contribution in [1.82, 2.24) is 20.9 Å². The van der Waals surface area contributed by atoms with Crippen LogP contribution in [-0.2, 0) is 30.4 Å². The Labute approximate surface area is 236 Å². The van der Waals surface area contributed by atoms with E-state index in [0.717, 1.165) is 5.56 Å². The monoisotopic (exact) mass is 554 g/mol. The van der Waals surface area contributed by atoms with Crippen molar-refractivity contribution in [2.75, 3.05) is 6.54 Å². The summed E-state index contributed by atoms with van der Waals surface area (Å²) in [6.07, 6.45) is 5.12.